The summed E-state index contributed by atoms with van der Waals surface area (Å²) in [6, 6.07) is 13.4. The first kappa shape index (κ1) is 21.2. The Kier molecular flexibility index (Phi) is 5.32. The van der Waals surface area contributed by atoms with Crippen molar-refractivity contribution in [1.82, 2.24) is 0 Å². The molecule has 3 aliphatic rings. The lowest BCUT2D eigenvalue weighted by Gasteiger charge is -2.51. The van der Waals surface area contributed by atoms with Crippen LogP contribution in [-0.4, -0.2) is 36.8 Å². The van der Waals surface area contributed by atoms with Gasteiger partial charge in [0.1, 0.15) is 5.41 Å². The molecule has 1 amide bonds. The largest absolute Gasteiger partial charge is 0.462 e. The molecule has 6 nitrogen and oxygen atoms in total. The molecule has 0 unspecified atom stereocenters. The Morgan fingerprint density at radius 2 is 2.00 bits per heavy atom. The maximum atomic E-state index is 14.0. The SMILES string of the molecule is CCOC(=O)c1ccc(N2N=C(C)[C@]3(Cc4cc(Br)ccc4N4CCCC[C@@H]43)C2=O)cc1. The first-order valence-electron chi connectivity index (χ1n) is 11.2. The average Bonchev–Trinajstić information content (AvgIpc) is 3.05. The number of nitrogens with zero attached hydrogens (tertiary/aromatic N) is 3. The van der Waals surface area contributed by atoms with Crippen LogP contribution in [-0.2, 0) is 16.0 Å². The second-order valence-electron chi connectivity index (χ2n) is 8.70. The number of carbonyl (C=O) groups excluding carboxylic acids is 2. The van der Waals surface area contributed by atoms with Crippen LogP contribution < -0.4 is 9.91 Å². The standard InChI is InChI=1S/C25H26BrN3O3/c1-3-32-23(30)17-7-10-20(11-8-17)29-24(31)25(16(2)27-29)15-18-14-19(26)9-12-21(18)28-13-5-4-6-22(25)28/h7-12,14,22H,3-6,13,15H2,1-2H3/t22-,25+/m1/s1. The normalized spacial score (nSPS) is 24.3. The number of carbonyl (C=O) groups is 2. The van der Waals surface area contributed by atoms with Crippen LogP contribution in [0.2, 0.25) is 0 Å². The van der Waals surface area contributed by atoms with Crippen molar-refractivity contribution >= 4 is 44.9 Å². The fourth-order valence-corrected chi connectivity index (χ4v) is 5.88. The summed E-state index contributed by atoms with van der Waals surface area (Å²) in [5, 5.41) is 6.29. The molecule has 32 heavy (non-hydrogen) atoms. The van der Waals surface area contributed by atoms with Gasteiger partial charge in [0.2, 0.25) is 0 Å². The summed E-state index contributed by atoms with van der Waals surface area (Å²) in [5.41, 5.74) is 3.74. The van der Waals surface area contributed by atoms with Gasteiger partial charge in [0.05, 0.1) is 23.6 Å². The van der Waals surface area contributed by atoms with Crippen molar-refractivity contribution in [3.8, 4) is 0 Å². The lowest BCUT2D eigenvalue weighted by molar-refractivity contribution is -0.125. The third-order valence-corrected chi connectivity index (χ3v) is 7.48. The van der Waals surface area contributed by atoms with E-state index in [1.54, 1.807) is 31.2 Å². The van der Waals surface area contributed by atoms with E-state index in [2.05, 4.69) is 39.0 Å². The fraction of sp³-hybridized carbons (Fsp3) is 0.400. The Bertz CT molecular complexity index is 1110. The van der Waals surface area contributed by atoms with Crippen LogP contribution >= 0.6 is 15.9 Å². The van der Waals surface area contributed by atoms with Crippen LogP contribution in [0.5, 0.6) is 0 Å². The number of hydrazone groups is 1. The van der Waals surface area contributed by atoms with E-state index in [-0.39, 0.29) is 17.9 Å². The molecule has 7 heteroatoms. The van der Waals surface area contributed by atoms with Gasteiger partial charge in [0.15, 0.2) is 0 Å². The molecule has 1 spiro atoms. The van der Waals surface area contributed by atoms with E-state index in [1.807, 2.05) is 6.92 Å². The number of rotatable bonds is 3. The van der Waals surface area contributed by atoms with Crippen molar-refractivity contribution in [2.45, 2.75) is 45.6 Å². The van der Waals surface area contributed by atoms with Gasteiger partial charge in [-0.1, -0.05) is 15.9 Å². The number of piperidine rings is 1. The maximum Gasteiger partial charge on any atom is 0.338 e. The summed E-state index contributed by atoms with van der Waals surface area (Å²) < 4.78 is 6.09. The van der Waals surface area contributed by atoms with Gasteiger partial charge in [0.25, 0.3) is 5.91 Å². The van der Waals surface area contributed by atoms with Crippen LogP contribution in [0.1, 0.15) is 49.0 Å². The Hall–Kier alpha value is -2.67. The minimum Gasteiger partial charge on any atom is -0.462 e. The first-order chi connectivity index (χ1) is 15.5. The molecule has 2 aromatic rings. The highest BCUT2D eigenvalue weighted by atomic mass is 79.9. The number of esters is 1. The molecule has 0 radical (unpaired) electrons. The Labute approximate surface area is 196 Å². The number of ether oxygens (including phenoxy) is 1. The average molecular weight is 496 g/mol. The number of halogens is 1. The van der Waals surface area contributed by atoms with Crippen molar-refractivity contribution in [3.05, 3.63) is 58.1 Å². The molecule has 3 heterocycles. The van der Waals surface area contributed by atoms with Crippen molar-refractivity contribution in [2.24, 2.45) is 10.5 Å². The molecular weight excluding hydrogens is 470 g/mol. The smallest absolute Gasteiger partial charge is 0.338 e. The van der Waals surface area contributed by atoms with Gasteiger partial charge in [-0.3, -0.25) is 4.79 Å². The number of amides is 1. The monoisotopic (exact) mass is 495 g/mol. The molecule has 166 valence electrons. The van der Waals surface area contributed by atoms with E-state index in [1.165, 1.54) is 16.3 Å². The summed E-state index contributed by atoms with van der Waals surface area (Å²) in [6.45, 7) is 5.05. The summed E-state index contributed by atoms with van der Waals surface area (Å²) in [5.74, 6) is -0.350. The minimum absolute atomic E-state index is 0.0152. The predicted molar refractivity (Wildman–Crippen MR) is 128 cm³/mol. The van der Waals surface area contributed by atoms with Crippen molar-refractivity contribution in [3.63, 3.8) is 0 Å². The third kappa shape index (κ3) is 3.17. The molecule has 0 bridgehead atoms. The Balaban J connectivity index is 1.52. The van der Waals surface area contributed by atoms with Crippen LogP contribution in [0.25, 0.3) is 0 Å². The number of hydrogen-bond donors (Lipinski definition) is 0. The molecule has 0 aliphatic carbocycles. The minimum atomic E-state index is -0.673. The van der Waals surface area contributed by atoms with Crippen LogP contribution in [0.15, 0.2) is 52.0 Å². The van der Waals surface area contributed by atoms with Gasteiger partial charge in [-0.05, 0) is 87.6 Å². The summed E-state index contributed by atoms with van der Waals surface area (Å²) >= 11 is 3.60. The highest BCUT2D eigenvalue weighted by Gasteiger charge is 2.59. The van der Waals surface area contributed by atoms with Crippen LogP contribution in [0, 0.1) is 5.41 Å². The highest BCUT2D eigenvalue weighted by Crippen LogP contribution is 2.50. The lowest BCUT2D eigenvalue weighted by Crippen LogP contribution is -2.61. The summed E-state index contributed by atoms with van der Waals surface area (Å²) in [7, 11) is 0. The molecule has 0 N–H and O–H groups in total. The van der Waals surface area contributed by atoms with Gasteiger partial charge < -0.3 is 9.64 Å². The Morgan fingerprint density at radius 3 is 2.75 bits per heavy atom. The fourth-order valence-electron chi connectivity index (χ4n) is 5.47. The first-order valence-corrected chi connectivity index (χ1v) is 12.0. The zero-order valence-electron chi connectivity index (χ0n) is 18.3. The summed E-state index contributed by atoms with van der Waals surface area (Å²) in [6.07, 6.45) is 3.87. The molecule has 0 aromatic heterocycles. The van der Waals surface area contributed by atoms with E-state index >= 15 is 0 Å². The van der Waals surface area contributed by atoms with E-state index in [0.29, 0.717) is 24.3 Å². The molecule has 1 fully saturated rings. The topological polar surface area (TPSA) is 62.2 Å². The molecule has 1 saturated heterocycles. The number of fused-ring (bicyclic) bond motifs is 4. The number of benzene rings is 2. The van der Waals surface area contributed by atoms with Gasteiger partial charge in [-0.2, -0.15) is 10.1 Å². The zero-order valence-corrected chi connectivity index (χ0v) is 19.9. The van der Waals surface area contributed by atoms with E-state index < -0.39 is 5.41 Å². The van der Waals surface area contributed by atoms with E-state index in [9.17, 15) is 9.59 Å². The third-order valence-electron chi connectivity index (χ3n) is 6.98. The number of anilines is 2. The quantitative estimate of drug-likeness (QED) is 0.565. The zero-order chi connectivity index (χ0) is 22.5. The molecule has 2 atom stereocenters. The molecule has 0 saturated carbocycles. The molecule has 3 aliphatic heterocycles. The molecule has 5 rings (SSSR count). The van der Waals surface area contributed by atoms with Crippen molar-refractivity contribution in [2.75, 3.05) is 23.1 Å². The van der Waals surface area contributed by atoms with E-state index in [0.717, 1.165) is 36.0 Å². The van der Waals surface area contributed by atoms with Crippen molar-refractivity contribution in [1.29, 1.82) is 0 Å². The van der Waals surface area contributed by atoms with Gasteiger partial charge in [-0.15, -0.1) is 0 Å². The van der Waals surface area contributed by atoms with E-state index in [4.69, 9.17) is 9.84 Å². The summed E-state index contributed by atoms with van der Waals surface area (Å²) in [4.78, 5) is 28.5. The maximum absolute atomic E-state index is 14.0. The molecular formula is C25H26BrN3O3. The van der Waals surface area contributed by atoms with Gasteiger partial charge in [0, 0.05) is 22.7 Å². The van der Waals surface area contributed by atoms with Gasteiger partial charge in [-0.25, -0.2) is 4.79 Å². The second kappa shape index (κ2) is 8.03. The van der Waals surface area contributed by atoms with Crippen molar-refractivity contribution < 1.29 is 14.3 Å². The lowest BCUT2D eigenvalue weighted by atomic mass is 9.66. The van der Waals surface area contributed by atoms with Crippen LogP contribution in [0.3, 0.4) is 0 Å². The van der Waals surface area contributed by atoms with Gasteiger partial charge >= 0.3 is 5.97 Å². The Morgan fingerprint density at radius 1 is 1.22 bits per heavy atom. The molecule has 2 aromatic carbocycles. The predicted octanol–water partition coefficient (Wildman–Crippen LogP) is 4.95. The second-order valence-corrected chi connectivity index (χ2v) is 9.61. The highest BCUT2D eigenvalue weighted by molar-refractivity contribution is 9.10. The van der Waals surface area contributed by atoms with Crippen LogP contribution in [0.4, 0.5) is 11.4 Å². The number of hydrogen-bond acceptors (Lipinski definition) is 5.